The average molecular weight is 217 g/mol. The Labute approximate surface area is 92.5 Å². The van der Waals surface area contributed by atoms with E-state index in [1.165, 1.54) is 12.1 Å². The van der Waals surface area contributed by atoms with Gasteiger partial charge in [-0.05, 0) is 19.1 Å². The quantitative estimate of drug-likeness (QED) is 0.530. The SMILES string of the molecule is CCOC(=O)C#Cc1cccc(F)c1C#N. The van der Waals surface area contributed by atoms with E-state index in [-0.39, 0.29) is 17.7 Å². The third kappa shape index (κ3) is 2.83. The molecule has 0 fully saturated rings. The van der Waals surface area contributed by atoms with Crippen molar-refractivity contribution in [2.45, 2.75) is 6.92 Å². The molecular formula is C12H8FNO2. The molecule has 0 atom stereocenters. The maximum absolute atomic E-state index is 13.1. The summed E-state index contributed by atoms with van der Waals surface area (Å²) in [6.07, 6.45) is 0. The van der Waals surface area contributed by atoms with Crippen molar-refractivity contribution in [2.24, 2.45) is 0 Å². The molecule has 0 aliphatic heterocycles. The molecule has 1 aromatic carbocycles. The van der Waals surface area contributed by atoms with Crippen molar-refractivity contribution in [3.05, 3.63) is 35.1 Å². The molecule has 16 heavy (non-hydrogen) atoms. The highest BCUT2D eigenvalue weighted by Crippen LogP contribution is 2.10. The van der Waals surface area contributed by atoms with E-state index in [1.54, 1.807) is 13.0 Å². The van der Waals surface area contributed by atoms with Crippen LogP contribution in [0.5, 0.6) is 0 Å². The minimum Gasteiger partial charge on any atom is -0.456 e. The molecule has 0 aliphatic rings. The number of benzene rings is 1. The monoisotopic (exact) mass is 217 g/mol. The van der Waals surface area contributed by atoms with Crippen molar-refractivity contribution < 1.29 is 13.9 Å². The zero-order valence-corrected chi connectivity index (χ0v) is 8.58. The molecule has 80 valence electrons. The molecule has 4 heteroatoms. The van der Waals surface area contributed by atoms with Crippen LogP contribution in [0.4, 0.5) is 4.39 Å². The van der Waals surface area contributed by atoms with Crippen LogP contribution in [-0.2, 0) is 9.53 Å². The zero-order chi connectivity index (χ0) is 12.0. The van der Waals surface area contributed by atoms with Gasteiger partial charge in [0.1, 0.15) is 17.4 Å². The van der Waals surface area contributed by atoms with Gasteiger partial charge in [-0.15, -0.1) is 0 Å². The lowest BCUT2D eigenvalue weighted by Gasteiger charge is -1.95. The van der Waals surface area contributed by atoms with Gasteiger partial charge in [-0.25, -0.2) is 9.18 Å². The largest absolute Gasteiger partial charge is 0.456 e. The number of halogens is 1. The average Bonchev–Trinajstić information content (AvgIpc) is 2.27. The molecule has 0 saturated heterocycles. The van der Waals surface area contributed by atoms with Crippen molar-refractivity contribution >= 4 is 5.97 Å². The van der Waals surface area contributed by atoms with Gasteiger partial charge in [-0.2, -0.15) is 5.26 Å². The van der Waals surface area contributed by atoms with E-state index in [4.69, 9.17) is 5.26 Å². The Balaban J connectivity index is 3.03. The van der Waals surface area contributed by atoms with Gasteiger partial charge in [-0.3, -0.25) is 0 Å². The van der Waals surface area contributed by atoms with E-state index in [0.29, 0.717) is 0 Å². The van der Waals surface area contributed by atoms with Gasteiger partial charge >= 0.3 is 5.97 Å². The highest BCUT2D eigenvalue weighted by molar-refractivity contribution is 5.89. The van der Waals surface area contributed by atoms with Crippen molar-refractivity contribution in [2.75, 3.05) is 6.61 Å². The highest BCUT2D eigenvalue weighted by atomic mass is 19.1. The summed E-state index contributed by atoms with van der Waals surface area (Å²) in [7, 11) is 0. The smallest absolute Gasteiger partial charge is 0.384 e. The number of carbonyl (C=O) groups is 1. The van der Waals surface area contributed by atoms with Crippen LogP contribution >= 0.6 is 0 Å². The first kappa shape index (κ1) is 11.7. The Morgan fingerprint density at radius 1 is 1.56 bits per heavy atom. The lowest BCUT2D eigenvalue weighted by Crippen LogP contribution is -2.00. The number of ether oxygens (including phenoxy) is 1. The molecule has 0 spiro atoms. The van der Waals surface area contributed by atoms with E-state index < -0.39 is 11.8 Å². The zero-order valence-electron chi connectivity index (χ0n) is 8.58. The van der Waals surface area contributed by atoms with Gasteiger partial charge in [0.2, 0.25) is 0 Å². The van der Waals surface area contributed by atoms with Crippen LogP contribution < -0.4 is 0 Å². The van der Waals surface area contributed by atoms with Crippen molar-refractivity contribution in [3.63, 3.8) is 0 Å². The summed E-state index contributed by atoms with van der Waals surface area (Å²) in [6.45, 7) is 1.88. The van der Waals surface area contributed by atoms with Crippen molar-refractivity contribution in [1.82, 2.24) is 0 Å². The molecule has 0 radical (unpaired) electrons. The van der Waals surface area contributed by atoms with E-state index in [1.807, 2.05) is 0 Å². The summed E-state index contributed by atoms with van der Waals surface area (Å²) in [5.74, 6) is 3.22. The highest BCUT2D eigenvalue weighted by Gasteiger charge is 2.05. The number of hydrogen-bond acceptors (Lipinski definition) is 3. The predicted octanol–water partition coefficient (Wildman–Crippen LogP) is 1.61. The number of carbonyl (C=O) groups excluding carboxylic acids is 1. The van der Waals surface area contributed by atoms with Gasteiger partial charge in [0.05, 0.1) is 6.61 Å². The summed E-state index contributed by atoms with van der Waals surface area (Å²) in [5.41, 5.74) is 0.00912. The van der Waals surface area contributed by atoms with Gasteiger partial charge in [0, 0.05) is 11.5 Å². The van der Waals surface area contributed by atoms with Crippen LogP contribution in [0.3, 0.4) is 0 Å². The minimum absolute atomic E-state index is 0.167. The van der Waals surface area contributed by atoms with Crippen LogP contribution in [0.15, 0.2) is 18.2 Å². The van der Waals surface area contributed by atoms with E-state index in [9.17, 15) is 9.18 Å². The molecule has 0 unspecified atom stereocenters. The molecule has 0 bridgehead atoms. The van der Waals surface area contributed by atoms with E-state index in [2.05, 4.69) is 16.6 Å². The molecule has 1 aromatic rings. The van der Waals surface area contributed by atoms with Gasteiger partial charge in [-0.1, -0.05) is 12.0 Å². The normalized spacial score (nSPS) is 8.56. The molecule has 0 N–H and O–H groups in total. The Bertz CT molecular complexity index is 506. The topological polar surface area (TPSA) is 50.1 Å². The first-order chi connectivity index (χ1) is 7.69. The second kappa shape index (κ2) is 5.53. The maximum Gasteiger partial charge on any atom is 0.384 e. The van der Waals surface area contributed by atoms with Crippen LogP contribution in [0.1, 0.15) is 18.1 Å². The van der Waals surface area contributed by atoms with Crippen LogP contribution in [0.2, 0.25) is 0 Å². The first-order valence-electron chi connectivity index (χ1n) is 4.56. The number of nitrogens with zero attached hydrogens (tertiary/aromatic N) is 1. The lowest BCUT2D eigenvalue weighted by atomic mass is 10.1. The van der Waals surface area contributed by atoms with Crippen LogP contribution in [0.25, 0.3) is 0 Å². The summed E-state index contributed by atoms with van der Waals surface area (Å²) >= 11 is 0. The molecular weight excluding hydrogens is 209 g/mol. The third-order valence-corrected chi connectivity index (χ3v) is 1.70. The van der Waals surface area contributed by atoms with Gasteiger partial charge in [0.25, 0.3) is 0 Å². The Morgan fingerprint density at radius 2 is 2.31 bits per heavy atom. The Hall–Kier alpha value is -2.33. The number of hydrogen-bond donors (Lipinski definition) is 0. The Kier molecular flexibility index (Phi) is 4.06. The molecule has 0 heterocycles. The van der Waals surface area contributed by atoms with Crippen molar-refractivity contribution in [3.8, 4) is 17.9 Å². The minimum atomic E-state index is -0.698. The number of nitriles is 1. The molecule has 3 nitrogen and oxygen atoms in total. The fourth-order valence-corrected chi connectivity index (χ4v) is 1.03. The van der Waals surface area contributed by atoms with Crippen LogP contribution in [0, 0.1) is 29.0 Å². The van der Waals surface area contributed by atoms with Crippen molar-refractivity contribution in [1.29, 1.82) is 5.26 Å². The molecule has 0 aliphatic carbocycles. The second-order valence-electron chi connectivity index (χ2n) is 2.74. The summed E-state index contributed by atoms with van der Waals surface area (Å²) < 4.78 is 17.7. The van der Waals surface area contributed by atoms with E-state index in [0.717, 1.165) is 6.07 Å². The predicted molar refractivity (Wildman–Crippen MR) is 54.6 cm³/mol. The summed E-state index contributed by atoms with van der Waals surface area (Å²) in [4.78, 5) is 10.9. The standard InChI is InChI=1S/C12H8FNO2/c1-2-16-12(15)7-6-9-4-3-5-11(13)10(9)8-14/h3-5H,2H2,1H3. The number of esters is 1. The van der Waals surface area contributed by atoms with Gasteiger partial charge in [0.15, 0.2) is 0 Å². The first-order valence-corrected chi connectivity index (χ1v) is 4.56. The fraction of sp³-hybridized carbons (Fsp3) is 0.167. The Morgan fingerprint density at radius 3 is 2.94 bits per heavy atom. The molecule has 0 saturated carbocycles. The summed E-state index contributed by atoms with van der Waals surface area (Å²) in [6, 6.07) is 5.74. The maximum atomic E-state index is 13.1. The third-order valence-electron chi connectivity index (χ3n) is 1.70. The van der Waals surface area contributed by atoms with E-state index >= 15 is 0 Å². The molecule has 0 amide bonds. The molecule has 0 aromatic heterocycles. The van der Waals surface area contributed by atoms with Crippen LogP contribution in [-0.4, -0.2) is 12.6 Å². The molecule has 1 rings (SSSR count). The van der Waals surface area contributed by atoms with Gasteiger partial charge < -0.3 is 4.74 Å². The second-order valence-corrected chi connectivity index (χ2v) is 2.74. The number of rotatable bonds is 1. The fourth-order valence-electron chi connectivity index (χ4n) is 1.03. The lowest BCUT2D eigenvalue weighted by molar-refractivity contribution is -0.136. The summed E-state index contributed by atoms with van der Waals surface area (Å²) in [5, 5.41) is 8.69.